The molecule has 0 N–H and O–H groups in total. The van der Waals surface area contributed by atoms with Crippen LogP contribution in [-0.2, 0) is 15.3 Å². The van der Waals surface area contributed by atoms with Crippen LogP contribution in [0.3, 0.4) is 0 Å². The summed E-state index contributed by atoms with van der Waals surface area (Å²) >= 11 is 6.66. The molecule has 0 bridgehead atoms. The summed E-state index contributed by atoms with van der Waals surface area (Å²) in [5.74, 6) is 1.17. The monoisotopic (exact) mass is 294 g/mol. The molecule has 0 aliphatic carbocycles. The number of thioether (sulfide) groups is 1. The Hall–Kier alpha value is -0.0000000000000000833. The van der Waals surface area contributed by atoms with Crippen LogP contribution in [0.25, 0.3) is 0 Å². The molecule has 0 saturated heterocycles. The zero-order valence-corrected chi connectivity index (χ0v) is 11.0. The number of rotatable bonds is 5. The number of esters is 1. The van der Waals surface area contributed by atoms with Gasteiger partial charge in [-0.15, -0.1) is 23.1 Å². The van der Waals surface area contributed by atoms with E-state index in [1.54, 1.807) is 23.1 Å². The first kappa shape index (κ1) is 12.1. The van der Waals surface area contributed by atoms with Gasteiger partial charge in [-0.2, -0.15) is 0 Å². The fourth-order valence-corrected chi connectivity index (χ4v) is 3.26. The van der Waals surface area contributed by atoms with E-state index in [0.29, 0.717) is 12.4 Å². The van der Waals surface area contributed by atoms with Crippen LogP contribution in [0, 0.1) is 0 Å². The van der Waals surface area contributed by atoms with Crippen LogP contribution in [0.5, 0.6) is 0 Å². The maximum atomic E-state index is 11.0. The van der Waals surface area contributed by atoms with Crippen molar-refractivity contribution in [3.05, 3.63) is 20.8 Å². The summed E-state index contributed by atoms with van der Waals surface area (Å²) in [6.45, 7) is 2.28. The van der Waals surface area contributed by atoms with E-state index in [9.17, 15) is 4.79 Å². The maximum Gasteiger partial charge on any atom is 0.315 e. The van der Waals surface area contributed by atoms with E-state index in [1.165, 1.54) is 4.88 Å². The Kier molecular flexibility index (Phi) is 5.59. The molecule has 5 heteroatoms. The van der Waals surface area contributed by atoms with Gasteiger partial charge in [0.15, 0.2) is 0 Å². The number of hydrogen-bond acceptors (Lipinski definition) is 4. The van der Waals surface area contributed by atoms with Crippen LogP contribution in [0.15, 0.2) is 15.9 Å². The van der Waals surface area contributed by atoms with Crippen LogP contribution < -0.4 is 0 Å². The van der Waals surface area contributed by atoms with Crippen molar-refractivity contribution in [1.29, 1.82) is 0 Å². The number of ether oxygens (including phenoxy) is 1. The molecule has 0 aromatic carbocycles. The predicted octanol–water partition coefficient (Wildman–Crippen LogP) is 3.31. The summed E-state index contributed by atoms with van der Waals surface area (Å²) in [5.41, 5.74) is 0. The molecule has 1 aromatic heterocycles. The van der Waals surface area contributed by atoms with Gasteiger partial charge in [0, 0.05) is 20.5 Å². The Morgan fingerprint density at radius 3 is 3.07 bits per heavy atom. The van der Waals surface area contributed by atoms with Gasteiger partial charge < -0.3 is 4.74 Å². The average Bonchev–Trinajstić information content (AvgIpc) is 2.52. The van der Waals surface area contributed by atoms with Crippen LogP contribution in [0.1, 0.15) is 11.8 Å². The lowest BCUT2D eigenvalue weighted by molar-refractivity contribution is -0.139. The SMILES string of the molecule is CCOC(=O)CSCc1cc(Br)cs1. The molecule has 0 saturated carbocycles. The molecular formula is C9H11BrO2S2. The van der Waals surface area contributed by atoms with Crippen LogP contribution in [-0.4, -0.2) is 18.3 Å². The summed E-state index contributed by atoms with van der Waals surface area (Å²) < 4.78 is 5.93. The first-order valence-electron chi connectivity index (χ1n) is 4.18. The summed E-state index contributed by atoms with van der Waals surface area (Å²) in [6, 6.07) is 2.07. The van der Waals surface area contributed by atoms with Gasteiger partial charge >= 0.3 is 5.97 Å². The van der Waals surface area contributed by atoms with Gasteiger partial charge in [-0.1, -0.05) is 0 Å². The lowest BCUT2D eigenvalue weighted by Crippen LogP contribution is -2.06. The fourth-order valence-electron chi connectivity index (χ4n) is 0.867. The first-order chi connectivity index (χ1) is 6.72. The van der Waals surface area contributed by atoms with Gasteiger partial charge in [0.25, 0.3) is 0 Å². The second-order valence-corrected chi connectivity index (χ2v) is 5.43. The highest BCUT2D eigenvalue weighted by Crippen LogP contribution is 2.23. The van der Waals surface area contributed by atoms with Crippen molar-refractivity contribution in [1.82, 2.24) is 0 Å². The summed E-state index contributed by atoms with van der Waals surface area (Å²) in [6.07, 6.45) is 0. The molecule has 0 radical (unpaired) electrons. The first-order valence-corrected chi connectivity index (χ1v) is 7.01. The molecule has 2 nitrogen and oxygen atoms in total. The van der Waals surface area contributed by atoms with Gasteiger partial charge in [0.05, 0.1) is 12.4 Å². The zero-order valence-electron chi connectivity index (χ0n) is 7.79. The van der Waals surface area contributed by atoms with Crippen molar-refractivity contribution in [2.75, 3.05) is 12.4 Å². The van der Waals surface area contributed by atoms with Crippen molar-refractivity contribution >= 4 is 45.0 Å². The molecule has 1 heterocycles. The Morgan fingerprint density at radius 1 is 1.71 bits per heavy atom. The van der Waals surface area contributed by atoms with Crippen molar-refractivity contribution in [2.24, 2.45) is 0 Å². The van der Waals surface area contributed by atoms with E-state index in [4.69, 9.17) is 4.74 Å². The number of hydrogen-bond donors (Lipinski definition) is 0. The Morgan fingerprint density at radius 2 is 2.50 bits per heavy atom. The zero-order chi connectivity index (χ0) is 10.4. The molecule has 1 rings (SSSR count). The molecule has 0 fully saturated rings. The topological polar surface area (TPSA) is 26.3 Å². The third-order valence-electron chi connectivity index (χ3n) is 1.39. The van der Waals surface area contributed by atoms with Gasteiger partial charge in [-0.05, 0) is 28.9 Å². The number of carbonyl (C=O) groups excluding carboxylic acids is 1. The lowest BCUT2D eigenvalue weighted by atomic mass is 10.5. The quantitative estimate of drug-likeness (QED) is 0.780. The van der Waals surface area contributed by atoms with Gasteiger partial charge in [-0.3, -0.25) is 4.79 Å². The van der Waals surface area contributed by atoms with E-state index < -0.39 is 0 Å². The Balaban J connectivity index is 2.18. The van der Waals surface area contributed by atoms with Crippen molar-refractivity contribution < 1.29 is 9.53 Å². The maximum absolute atomic E-state index is 11.0. The normalized spacial score (nSPS) is 10.1. The third-order valence-corrected chi connectivity index (χ3v) is 4.23. The van der Waals surface area contributed by atoms with Crippen LogP contribution in [0.4, 0.5) is 0 Å². The highest BCUT2D eigenvalue weighted by atomic mass is 79.9. The van der Waals surface area contributed by atoms with E-state index >= 15 is 0 Å². The van der Waals surface area contributed by atoms with E-state index in [1.807, 2.05) is 12.3 Å². The highest BCUT2D eigenvalue weighted by molar-refractivity contribution is 9.10. The third kappa shape index (κ3) is 4.48. The minimum Gasteiger partial charge on any atom is -0.465 e. The minimum atomic E-state index is -0.131. The molecule has 0 atom stereocenters. The fraction of sp³-hybridized carbons (Fsp3) is 0.444. The molecular weight excluding hydrogens is 284 g/mol. The molecule has 0 aliphatic heterocycles. The lowest BCUT2D eigenvalue weighted by Gasteiger charge is -2.00. The summed E-state index contributed by atoms with van der Waals surface area (Å²) in [7, 11) is 0. The Labute approximate surface area is 100 Å². The van der Waals surface area contributed by atoms with Gasteiger partial charge in [0.1, 0.15) is 0 Å². The van der Waals surface area contributed by atoms with Gasteiger partial charge in [0.2, 0.25) is 0 Å². The average molecular weight is 295 g/mol. The van der Waals surface area contributed by atoms with Crippen LogP contribution >= 0.6 is 39.0 Å². The highest BCUT2D eigenvalue weighted by Gasteiger charge is 2.03. The molecule has 0 unspecified atom stereocenters. The van der Waals surface area contributed by atoms with E-state index in [0.717, 1.165) is 10.2 Å². The summed E-state index contributed by atoms with van der Waals surface area (Å²) in [4.78, 5) is 12.3. The second-order valence-electron chi connectivity index (χ2n) is 2.53. The molecule has 14 heavy (non-hydrogen) atoms. The van der Waals surface area contributed by atoms with Crippen molar-refractivity contribution in [2.45, 2.75) is 12.7 Å². The van der Waals surface area contributed by atoms with Gasteiger partial charge in [-0.25, -0.2) is 0 Å². The molecule has 1 aromatic rings. The second kappa shape index (κ2) is 6.48. The largest absolute Gasteiger partial charge is 0.465 e. The number of halogens is 1. The standard InChI is InChI=1S/C9H11BrO2S2/c1-2-12-9(11)6-13-5-8-3-7(10)4-14-8/h3-4H,2,5-6H2,1H3. The molecule has 0 aliphatic rings. The van der Waals surface area contributed by atoms with Crippen molar-refractivity contribution in [3.63, 3.8) is 0 Å². The van der Waals surface area contributed by atoms with E-state index in [2.05, 4.69) is 22.0 Å². The predicted molar refractivity (Wildman–Crippen MR) is 64.8 cm³/mol. The molecule has 78 valence electrons. The van der Waals surface area contributed by atoms with Crippen molar-refractivity contribution in [3.8, 4) is 0 Å². The minimum absolute atomic E-state index is 0.131. The summed E-state index contributed by atoms with van der Waals surface area (Å²) in [5, 5.41) is 2.04. The molecule has 0 amide bonds. The number of carbonyl (C=O) groups is 1. The Bertz CT molecular complexity index is 299. The van der Waals surface area contributed by atoms with E-state index in [-0.39, 0.29) is 5.97 Å². The smallest absolute Gasteiger partial charge is 0.315 e. The number of thiophene rings is 1. The van der Waals surface area contributed by atoms with Crippen LogP contribution in [0.2, 0.25) is 0 Å². The molecule has 0 spiro atoms.